The molecule has 4 atom stereocenters. The molecule has 1 unspecified atom stereocenters. The highest BCUT2D eigenvalue weighted by Gasteiger charge is 2.59. The van der Waals surface area contributed by atoms with Gasteiger partial charge >= 0.3 is 0 Å². The quantitative estimate of drug-likeness (QED) is 0.516. The normalized spacial score (nSPS) is 26.3. The van der Waals surface area contributed by atoms with Crippen LogP contribution in [-0.4, -0.2) is 16.7 Å². The average Bonchev–Trinajstić information content (AvgIpc) is 3.29. The molecule has 2 heterocycles. The smallest absolute Gasteiger partial charge is 0.129 e. The summed E-state index contributed by atoms with van der Waals surface area (Å²) in [4.78, 5) is 7.51. The summed E-state index contributed by atoms with van der Waals surface area (Å²) < 4.78 is 0. The molecule has 1 saturated heterocycles. The predicted molar refractivity (Wildman–Crippen MR) is 107 cm³/mol. The van der Waals surface area contributed by atoms with E-state index in [9.17, 15) is 0 Å². The Hall–Kier alpha value is -2.13. The Morgan fingerprint density at radius 1 is 0.654 bits per heavy atom. The molecule has 0 bridgehead atoms. The fraction of sp³-hybridized carbons (Fsp3) is 0.136. The van der Waals surface area contributed by atoms with Crippen LogP contribution in [0.15, 0.2) is 83.9 Å². The van der Waals surface area contributed by atoms with Gasteiger partial charge in [0.1, 0.15) is 6.17 Å². The maximum Gasteiger partial charge on any atom is 0.129 e. The third-order valence-corrected chi connectivity index (χ3v) is 5.63. The number of rotatable bonds is 3. The van der Waals surface area contributed by atoms with Crippen molar-refractivity contribution in [3.8, 4) is 0 Å². The van der Waals surface area contributed by atoms with Crippen molar-refractivity contribution >= 4 is 28.9 Å². The molecule has 26 heavy (non-hydrogen) atoms. The van der Waals surface area contributed by atoms with E-state index in [2.05, 4.69) is 59.5 Å². The zero-order valence-electron chi connectivity index (χ0n) is 13.9. The Labute approximate surface area is 162 Å². The molecular formula is C22H16Cl2N2. The maximum absolute atomic E-state index is 6.07. The second-order valence-electron chi connectivity index (χ2n) is 6.69. The minimum atomic E-state index is 0.0214. The van der Waals surface area contributed by atoms with Crippen LogP contribution in [-0.2, 0) is 0 Å². The molecule has 4 heteroatoms. The third-order valence-electron chi connectivity index (χ3n) is 5.12. The lowest BCUT2D eigenvalue weighted by atomic mass is 10.0. The molecule has 128 valence electrons. The first-order valence-corrected chi connectivity index (χ1v) is 9.39. The monoisotopic (exact) mass is 378 g/mol. The van der Waals surface area contributed by atoms with Crippen molar-refractivity contribution in [2.45, 2.75) is 18.2 Å². The summed E-state index contributed by atoms with van der Waals surface area (Å²) in [6.45, 7) is 0. The molecule has 0 aliphatic carbocycles. The molecule has 0 amide bonds. The summed E-state index contributed by atoms with van der Waals surface area (Å²) in [6, 6.07) is 27.3. The van der Waals surface area contributed by atoms with Gasteiger partial charge in [0.2, 0.25) is 0 Å². The zero-order valence-corrected chi connectivity index (χ0v) is 15.4. The number of aliphatic imine (C=N–C) groups is 1. The Kier molecular flexibility index (Phi) is 3.86. The third kappa shape index (κ3) is 2.66. The molecule has 2 aliphatic rings. The van der Waals surface area contributed by atoms with Crippen LogP contribution in [0, 0.1) is 0 Å². The Morgan fingerprint density at radius 2 is 1.27 bits per heavy atom. The van der Waals surface area contributed by atoms with Gasteiger partial charge in [-0.25, -0.2) is 0 Å². The van der Waals surface area contributed by atoms with Crippen LogP contribution < -0.4 is 0 Å². The molecule has 3 aromatic rings. The van der Waals surface area contributed by atoms with Crippen molar-refractivity contribution in [1.82, 2.24) is 4.90 Å². The van der Waals surface area contributed by atoms with Crippen molar-refractivity contribution in [2.24, 2.45) is 4.99 Å². The van der Waals surface area contributed by atoms with Crippen molar-refractivity contribution in [2.75, 3.05) is 0 Å². The molecule has 5 rings (SSSR count). The van der Waals surface area contributed by atoms with Crippen molar-refractivity contribution in [3.63, 3.8) is 0 Å². The number of hydrogen-bond donors (Lipinski definition) is 0. The van der Waals surface area contributed by atoms with Crippen molar-refractivity contribution in [1.29, 1.82) is 0 Å². The second-order valence-corrected chi connectivity index (χ2v) is 7.57. The molecule has 2 nitrogen and oxygen atoms in total. The van der Waals surface area contributed by atoms with Gasteiger partial charge in [-0.3, -0.25) is 9.89 Å². The molecule has 0 spiro atoms. The molecular weight excluding hydrogens is 363 g/mol. The number of nitrogens with zero attached hydrogens (tertiary/aromatic N) is 2. The minimum Gasteiger partial charge on any atom is -0.263 e. The summed E-state index contributed by atoms with van der Waals surface area (Å²) in [7, 11) is 0. The predicted octanol–water partition coefficient (Wildman–Crippen LogP) is 5.92. The van der Waals surface area contributed by atoms with E-state index in [1.54, 1.807) is 0 Å². The zero-order chi connectivity index (χ0) is 17.7. The molecule has 0 radical (unpaired) electrons. The first-order chi connectivity index (χ1) is 12.7. The summed E-state index contributed by atoms with van der Waals surface area (Å²) in [5, 5.41) is 1.49. The van der Waals surface area contributed by atoms with Crippen LogP contribution in [0.1, 0.15) is 28.9 Å². The Balaban J connectivity index is 1.56. The average molecular weight is 379 g/mol. The van der Waals surface area contributed by atoms with E-state index in [4.69, 9.17) is 28.2 Å². The van der Waals surface area contributed by atoms with E-state index in [0.717, 1.165) is 21.3 Å². The van der Waals surface area contributed by atoms with Crippen molar-refractivity contribution in [3.05, 3.63) is 106 Å². The number of fused-ring (bicyclic) bond motifs is 1. The van der Waals surface area contributed by atoms with Crippen LogP contribution in [0.25, 0.3) is 0 Å². The first-order valence-electron chi connectivity index (χ1n) is 8.64. The highest BCUT2D eigenvalue weighted by atomic mass is 35.5. The van der Waals surface area contributed by atoms with E-state index in [1.165, 1.54) is 11.1 Å². The Morgan fingerprint density at radius 3 is 1.92 bits per heavy atom. The maximum atomic E-state index is 6.07. The Bertz CT molecular complexity index is 965. The fourth-order valence-corrected chi connectivity index (χ4v) is 4.12. The van der Waals surface area contributed by atoms with Gasteiger partial charge in [-0.05, 0) is 41.0 Å². The molecule has 1 fully saturated rings. The van der Waals surface area contributed by atoms with Gasteiger partial charge in [0.05, 0.1) is 17.8 Å². The number of benzene rings is 3. The summed E-state index contributed by atoms with van der Waals surface area (Å²) in [5.41, 5.74) is 4.77. The van der Waals surface area contributed by atoms with E-state index >= 15 is 0 Å². The lowest BCUT2D eigenvalue weighted by Crippen LogP contribution is -2.08. The molecule has 0 N–H and O–H groups in total. The molecule has 2 aliphatic heterocycles. The lowest BCUT2D eigenvalue weighted by molar-refractivity contribution is 0.404. The van der Waals surface area contributed by atoms with E-state index < -0.39 is 0 Å². The molecule has 0 aromatic heterocycles. The SMILES string of the molecule is Clc1ccc(C2=N[C@@H](c3ccc(Cl)cc3)N3[C@H]2[C@@H]3c2ccccc2)cc1. The van der Waals surface area contributed by atoms with Gasteiger partial charge in [0, 0.05) is 10.0 Å². The van der Waals surface area contributed by atoms with E-state index in [-0.39, 0.29) is 6.17 Å². The summed E-state index contributed by atoms with van der Waals surface area (Å²) >= 11 is 12.1. The van der Waals surface area contributed by atoms with Crippen LogP contribution >= 0.6 is 23.2 Å². The topological polar surface area (TPSA) is 15.4 Å². The van der Waals surface area contributed by atoms with Gasteiger partial charge < -0.3 is 0 Å². The first kappa shape index (κ1) is 16.1. The molecule has 0 saturated carbocycles. The summed E-state index contributed by atoms with van der Waals surface area (Å²) in [6.07, 6.45) is 0.0214. The number of halogens is 2. The van der Waals surface area contributed by atoms with Gasteiger partial charge in [0.25, 0.3) is 0 Å². The van der Waals surface area contributed by atoms with E-state index in [0.29, 0.717) is 12.1 Å². The van der Waals surface area contributed by atoms with Crippen LogP contribution in [0.5, 0.6) is 0 Å². The largest absolute Gasteiger partial charge is 0.263 e. The highest BCUT2D eigenvalue weighted by Crippen LogP contribution is 2.55. The second kappa shape index (κ2) is 6.24. The van der Waals surface area contributed by atoms with E-state index in [1.807, 2.05) is 24.3 Å². The number of hydrogen-bond acceptors (Lipinski definition) is 2. The standard InChI is InChI=1S/C22H16Cl2N2/c23-17-10-6-14(7-11-17)19-21-20(15-4-2-1-3-5-15)26(21)22(25-19)16-8-12-18(24)13-9-16/h1-13,20-22H/t20-,21+,22+,26?/m0/s1. The van der Waals surface area contributed by atoms with Crippen LogP contribution in [0.2, 0.25) is 10.0 Å². The fourth-order valence-electron chi connectivity index (χ4n) is 3.87. The summed E-state index contributed by atoms with van der Waals surface area (Å²) in [5.74, 6) is 0. The van der Waals surface area contributed by atoms with Crippen LogP contribution in [0.4, 0.5) is 0 Å². The van der Waals surface area contributed by atoms with Gasteiger partial charge in [-0.15, -0.1) is 0 Å². The lowest BCUT2D eigenvalue weighted by Gasteiger charge is -2.14. The molecule has 3 aromatic carbocycles. The van der Waals surface area contributed by atoms with Crippen molar-refractivity contribution < 1.29 is 0 Å². The highest BCUT2D eigenvalue weighted by molar-refractivity contribution is 6.31. The minimum absolute atomic E-state index is 0.0214. The van der Waals surface area contributed by atoms with Gasteiger partial charge in [-0.2, -0.15) is 0 Å². The van der Waals surface area contributed by atoms with Gasteiger partial charge in [0.15, 0.2) is 0 Å². The van der Waals surface area contributed by atoms with Gasteiger partial charge in [-0.1, -0.05) is 77.8 Å². The van der Waals surface area contributed by atoms with Crippen LogP contribution in [0.3, 0.4) is 0 Å².